The molecule has 0 aliphatic rings. The average molecular weight is 160 g/mol. The second kappa shape index (κ2) is 4.75. The zero-order valence-corrected chi connectivity index (χ0v) is 7.61. The fraction of sp³-hybridized carbons (Fsp3) is 1.00. The van der Waals surface area contributed by atoms with Gasteiger partial charge in [0, 0.05) is 6.10 Å². The Morgan fingerprint density at radius 2 is 1.36 bits per heavy atom. The van der Waals surface area contributed by atoms with Crippen molar-refractivity contribution in [1.29, 1.82) is 0 Å². The third-order valence-electron chi connectivity index (χ3n) is 1.59. The molecule has 4 heteroatoms. The molecule has 0 rings (SSSR count). The van der Waals surface area contributed by atoms with Gasteiger partial charge in [0.25, 0.3) is 0 Å². The van der Waals surface area contributed by atoms with Crippen molar-refractivity contribution in [2.45, 2.75) is 33.8 Å². The maximum Gasteiger partial charge on any atom is 0.634 e. The van der Waals surface area contributed by atoms with E-state index in [2.05, 4.69) is 0 Å². The van der Waals surface area contributed by atoms with Crippen LogP contribution >= 0.6 is 0 Å². The van der Waals surface area contributed by atoms with Crippen molar-refractivity contribution >= 4 is 7.32 Å². The Morgan fingerprint density at radius 3 is 1.45 bits per heavy atom. The van der Waals surface area contributed by atoms with Gasteiger partial charge >= 0.3 is 7.32 Å². The van der Waals surface area contributed by atoms with E-state index in [0.717, 1.165) is 0 Å². The highest BCUT2D eigenvalue weighted by Gasteiger charge is 2.23. The number of hydrogen-bond donors (Lipinski definition) is 2. The van der Waals surface area contributed by atoms with Gasteiger partial charge in [0.05, 0.1) is 0 Å². The van der Waals surface area contributed by atoms with Crippen molar-refractivity contribution in [3.63, 3.8) is 0 Å². The highest BCUT2D eigenvalue weighted by Crippen LogP contribution is 2.15. The van der Waals surface area contributed by atoms with Crippen molar-refractivity contribution in [3.05, 3.63) is 0 Å². The van der Waals surface area contributed by atoms with Crippen LogP contribution in [0.4, 0.5) is 0 Å². The second-order valence-electron chi connectivity index (χ2n) is 3.42. The number of hydrogen-bond acceptors (Lipinski definition) is 3. The van der Waals surface area contributed by atoms with E-state index in [1.807, 2.05) is 27.7 Å². The molecule has 0 fully saturated rings. The molecule has 0 heterocycles. The maximum atomic E-state index is 8.55. The lowest BCUT2D eigenvalue weighted by Gasteiger charge is -2.24. The fourth-order valence-corrected chi connectivity index (χ4v) is 1.22. The molecule has 11 heavy (non-hydrogen) atoms. The Labute approximate surface area is 68.6 Å². The summed E-state index contributed by atoms with van der Waals surface area (Å²) < 4.78 is 4.88. The SMILES string of the molecule is CC(C)C(OB(O)O)C(C)C. The fourth-order valence-electron chi connectivity index (χ4n) is 1.22. The van der Waals surface area contributed by atoms with Crippen LogP contribution in [0, 0.1) is 11.8 Å². The molecule has 0 aromatic rings. The molecule has 0 aromatic carbocycles. The van der Waals surface area contributed by atoms with Crippen LogP contribution in [0.3, 0.4) is 0 Å². The highest BCUT2D eigenvalue weighted by atomic mass is 16.6. The topological polar surface area (TPSA) is 49.7 Å². The van der Waals surface area contributed by atoms with Gasteiger partial charge in [-0.3, -0.25) is 0 Å². The molecule has 0 radical (unpaired) electrons. The Kier molecular flexibility index (Phi) is 4.72. The monoisotopic (exact) mass is 160 g/mol. The summed E-state index contributed by atoms with van der Waals surface area (Å²) in [5.41, 5.74) is 0. The Morgan fingerprint density at radius 1 is 1.00 bits per heavy atom. The predicted molar refractivity (Wildman–Crippen MR) is 44.7 cm³/mol. The molecule has 0 aliphatic heterocycles. The summed E-state index contributed by atoms with van der Waals surface area (Å²) in [7, 11) is -1.65. The van der Waals surface area contributed by atoms with Crippen LogP contribution in [-0.4, -0.2) is 23.5 Å². The molecular weight excluding hydrogens is 143 g/mol. The summed E-state index contributed by atoms with van der Waals surface area (Å²) in [4.78, 5) is 0. The Bertz CT molecular complexity index is 95.9. The van der Waals surface area contributed by atoms with E-state index in [1.54, 1.807) is 0 Å². The van der Waals surface area contributed by atoms with Crippen molar-refractivity contribution in [2.75, 3.05) is 0 Å². The summed E-state index contributed by atoms with van der Waals surface area (Å²) in [5, 5.41) is 17.1. The molecule has 0 atom stereocenters. The van der Waals surface area contributed by atoms with Gasteiger partial charge in [-0.05, 0) is 11.8 Å². The van der Waals surface area contributed by atoms with Crippen molar-refractivity contribution in [2.24, 2.45) is 11.8 Å². The minimum Gasteiger partial charge on any atom is -0.402 e. The van der Waals surface area contributed by atoms with Crippen LogP contribution in [-0.2, 0) is 4.65 Å². The molecule has 0 aromatic heterocycles. The Balaban J connectivity index is 3.90. The van der Waals surface area contributed by atoms with Gasteiger partial charge in [-0.2, -0.15) is 0 Å². The minimum atomic E-state index is -1.65. The lowest BCUT2D eigenvalue weighted by Crippen LogP contribution is -2.33. The summed E-state index contributed by atoms with van der Waals surface area (Å²) in [6.45, 7) is 7.97. The van der Waals surface area contributed by atoms with E-state index in [0.29, 0.717) is 11.8 Å². The molecule has 0 saturated carbocycles. The van der Waals surface area contributed by atoms with Crippen LogP contribution in [0.25, 0.3) is 0 Å². The van der Waals surface area contributed by atoms with E-state index in [1.165, 1.54) is 0 Å². The quantitative estimate of drug-likeness (QED) is 0.593. The van der Waals surface area contributed by atoms with E-state index >= 15 is 0 Å². The first-order valence-electron chi connectivity index (χ1n) is 3.96. The van der Waals surface area contributed by atoms with Crippen LogP contribution < -0.4 is 0 Å². The van der Waals surface area contributed by atoms with E-state index in [9.17, 15) is 0 Å². The molecule has 66 valence electrons. The summed E-state index contributed by atoms with van der Waals surface area (Å²) in [6.07, 6.45) is -0.0880. The maximum absolute atomic E-state index is 8.55. The summed E-state index contributed by atoms with van der Waals surface area (Å²) >= 11 is 0. The molecule has 0 spiro atoms. The average Bonchev–Trinajstić information content (AvgIpc) is 1.81. The van der Waals surface area contributed by atoms with Crippen LogP contribution in [0.1, 0.15) is 27.7 Å². The lowest BCUT2D eigenvalue weighted by molar-refractivity contribution is 0.0523. The van der Waals surface area contributed by atoms with Gasteiger partial charge in [0.1, 0.15) is 0 Å². The lowest BCUT2D eigenvalue weighted by atomic mass is 9.95. The molecule has 2 N–H and O–H groups in total. The molecule has 3 nitrogen and oxygen atoms in total. The van der Waals surface area contributed by atoms with Gasteiger partial charge in [0.2, 0.25) is 0 Å². The standard InChI is InChI=1S/C7H17BO3/c1-5(2)7(6(3)4)11-8(9)10/h5-7,9-10H,1-4H3. The van der Waals surface area contributed by atoms with Crippen LogP contribution in [0.15, 0.2) is 0 Å². The van der Waals surface area contributed by atoms with Crippen LogP contribution in [0.5, 0.6) is 0 Å². The molecule has 0 bridgehead atoms. The second-order valence-corrected chi connectivity index (χ2v) is 3.42. The van der Waals surface area contributed by atoms with Gasteiger partial charge in [-0.1, -0.05) is 27.7 Å². The largest absolute Gasteiger partial charge is 0.634 e. The third-order valence-corrected chi connectivity index (χ3v) is 1.59. The molecule has 0 saturated heterocycles. The molecule has 0 aliphatic carbocycles. The molecule has 0 amide bonds. The zero-order valence-electron chi connectivity index (χ0n) is 7.61. The Hall–Kier alpha value is -0.0551. The number of rotatable bonds is 4. The summed E-state index contributed by atoms with van der Waals surface area (Å²) in [5.74, 6) is 0.605. The van der Waals surface area contributed by atoms with Crippen molar-refractivity contribution < 1.29 is 14.7 Å². The normalized spacial score (nSPS) is 11.7. The van der Waals surface area contributed by atoms with Gasteiger partial charge in [-0.15, -0.1) is 0 Å². The first-order valence-corrected chi connectivity index (χ1v) is 3.96. The zero-order chi connectivity index (χ0) is 9.02. The van der Waals surface area contributed by atoms with E-state index in [4.69, 9.17) is 14.7 Å². The summed E-state index contributed by atoms with van der Waals surface area (Å²) in [6, 6.07) is 0. The van der Waals surface area contributed by atoms with E-state index in [-0.39, 0.29) is 6.10 Å². The van der Waals surface area contributed by atoms with Crippen molar-refractivity contribution in [1.82, 2.24) is 0 Å². The first kappa shape index (κ1) is 10.9. The highest BCUT2D eigenvalue weighted by molar-refractivity contribution is 6.32. The van der Waals surface area contributed by atoms with Crippen molar-refractivity contribution in [3.8, 4) is 0 Å². The van der Waals surface area contributed by atoms with Gasteiger partial charge in [0.15, 0.2) is 0 Å². The van der Waals surface area contributed by atoms with Crippen LogP contribution in [0.2, 0.25) is 0 Å². The van der Waals surface area contributed by atoms with E-state index < -0.39 is 7.32 Å². The third kappa shape index (κ3) is 4.40. The first-order chi connectivity index (χ1) is 4.95. The van der Waals surface area contributed by atoms with Gasteiger partial charge in [-0.25, -0.2) is 0 Å². The molecular formula is C7H17BO3. The molecule has 0 unspecified atom stereocenters. The predicted octanol–water partition coefficient (Wildman–Crippen LogP) is 0.653. The smallest absolute Gasteiger partial charge is 0.402 e. The minimum absolute atomic E-state index is 0.0880. The van der Waals surface area contributed by atoms with Gasteiger partial charge < -0.3 is 14.7 Å².